The normalized spacial score (nSPS) is 11.8. The largest absolute Gasteiger partial charge is 0.324 e. The first-order chi connectivity index (χ1) is 21.9. The van der Waals surface area contributed by atoms with Crippen molar-refractivity contribution in [3.8, 4) is 0 Å². The summed E-state index contributed by atoms with van der Waals surface area (Å²) >= 11 is 2.94. The Morgan fingerprint density at radius 2 is 1.53 bits per heavy atom. The van der Waals surface area contributed by atoms with Gasteiger partial charge >= 0.3 is 0 Å². The van der Waals surface area contributed by atoms with Crippen LogP contribution in [-0.4, -0.2) is 17.7 Å². The lowest BCUT2D eigenvalue weighted by atomic mass is 10.1. The van der Waals surface area contributed by atoms with E-state index in [1.54, 1.807) is 42.5 Å². The minimum Gasteiger partial charge on any atom is -0.324 e. The Kier molecular flexibility index (Phi) is 10.6. The average molecular weight is 632 g/mol. The number of benzene rings is 4. The summed E-state index contributed by atoms with van der Waals surface area (Å²) in [5.41, 5.74) is 5.81. The van der Waals surface area contributed by atoms with Gasteiger partial charge in [0.05, 0.1) is 0 Å². The molecule has 0 aliphatic carbocycles. The first kappa shape index (κ1) is 31.5. The number of rotatable bonds is 11. The Hall–Kier alpha value is -4.92. The van der Waals surface area contributed by atoms with E-state index in [1.807, 2.05) is 90.5 Å². The van der Waals surface area contributed by atoms with Crippen LogP contribution in [0.25, 0.3) is 6.08 Å². The van der Waals surface area contributed by atoms with E-state index in [0.717, 1.165) is 39.3 Å². The number of nitrogens with one attached hydrogen (secondary N) is 3. The molecule has 0 fully saturated rings. The molecule has 0 spiro atoms. The number of para-hydroxylation sites is 1. The van der Waals surface area contributed by atoms with Crippen LogP contribution in [0.3, 0.4) is 0 Å². The van der Waals surface area contributed by atoms with E-state index in [0.29, 0.717) is 11.3 Å². The smallest absolute Gasteiger partial charge is 0.272 e. The highest BCUT2D eigenvalue weighted by atomic mass is 32.2. The van der Waals surface area contributed by atoms with E-state index in [9.17, 15) is 14.4 Å². The number of hydrogen-bond donors (Lipinski definition) is 3. The number of thiophene rings is 1. The molecule has 3 N–H and O–H groups in total. The molecule has 45 heavy (non-hydrogen) atoms. The maximum atomic E-state index is 13.7. The molecule has 3 amide bonds. The summed E-state index contributed by atoms with van der Waals surface area (Å²) in [4.78, 5) is 40.8. The molecule has 0 bridgehead atoms. The summed E-state index contributed by atoms with van der Waals surface area (Å²) in [5, 5.41) is 12.1. The van der Waals surface area contributed by atoms with Crippen LogP contribution in [0.15, 0.2) is 131 Å². The second kappa shape index (κ2) is 15.2. The standard InChI is InChI=1S/C37H33N3O3S2/c1-3-27-16-10-11-25(2)33(27)40-37(43)34(28-12-6-4-7-13-28)45-31-19-17-30(18-20-31)38-36(42)32(23-26-21-22-44-24-26)39-35(41)29-14-8-5-9-15-29/h4-24,34H,3H2,1-2H3,(H,38,42)(H,39,41)(H,40,43)/b32-23-. The molecule has 0 radical (unpaired) electrons. The summed E-state index contributed by atoms with van der Waals surface area (Å²) in [6, 6.07) is 33.7. The fourth-order valence-corrected chi connectivity index (χ4v) is 6.35. The Morgan fingerprint density at radius 3 is 2.20 bits per heavy atom. The molecule has 6 nitrogen and oxygen atoms in total. The average Bonchev–Trinajstić information content (AvgIpc) is 3.59. The molecule has 8 heteroatoms. The summed E-state index contributed by atoms with van der Waals surface area (Å²) in [6.45, 7) is 4.08. The zero-order chi connectivity index (χ0) is 31.6. The monoisotopic (exact) mass is 631 g/mol. The highest BCUT2D eigenvalue weighted by Gasteiger charge is 2.24. The Balaban J connectivity index is 1.32. The van der Waals surface area contributed by atoms with Crippen molar-refractivity contribution in [2.75, 3.05) is 10.6 Å². The fourth-order valence-electron chi connectivity index (χ4n) is 4.71. The van der Waals surface area contributed by atoms with Crippen LogP contribution in [0, 0.1) is 6.92 Å². The Bertz CT molecular complexity index is 1790. The summed E-state index contributed by atoms with van der Waals surface area (Å²) in [6.07, 6.45) is 2.46. The topological polar surface area (TPSA) is 87.3 Å². The molecule has 0 aliphatic rings. The number of carbonyl (C=O) groups excluding carboxylic acids is 3. The predicted molar refractivity (Wildman–Crippen MR) is 186 cm³/mol. The fraction of sp³-hybridized carbons (Fsp3) is 0.108. The van der Waals surface area contributed by atoms with Crippen molar-refractivity contribution >= 4 is 58.3 Å². The van der Waals surface area contributed by atoms with Crippen LogP contribution < -0.4 is 16.0 Å². The SMILES string of the molecule is CCc1cccc(C)c1NC(=O)C(Sc1ccc(NC(=O)/C(=C/c2ccsc2)NC(=O)c2ccccc2)cc1)c1ccccc1. The van der Waals surface area contributed by atoms with Crippen molar-refractivity contribution in [2.45, 2.75) is 30.4 Å². The van der Waals surface area contributed by atoms with E-state index in [1.165, 1.54) is 23.1 Å². The van der Waals surface area contributed by atoms with Gasteiger partial charge in [0.1, 0.15) is 10.9 Å². The molecule has 1 aromatic heterocycles. The van der Waals surface area contributed by atoms with Gasteiger partial charge in [0.2, 0.25) is 5.91 Å². The van der Waals surface area contributed by atoms with E-state index in [-0.39, 0.29) is 17.5 Å². The number of anilines is 2. The highest BCUT2D eigenvalue weighted by molar-refractivity contribution is 8.00. The zero-order valence-corrected chi connectivity index (χ0v) is 26.6. The molecule has 0 aliphatic heterocycles. The Morgan fingerprint density at radius 1 is 0.822 bits per heavy atom. The van der Waals surface area contributed by atoms with E-state index in [4.69, 9.17) is 0 Å². The maximum Gasteiger partial charge on any atom is 0.272 e. The number of hydrogen-bond acceptors (Lipinski definition) is 5. The third kappa shape index (κ3) is 8.38. The summed E-state index contributed by atoms with van der Waals surface area (Å²) in [7, 11) is 0. The minimum atomic E-state index is -0.496. The molecule has 1 unspecified atom stereocenters. The van der Waals surface area contributed by atoms with Gasteiger partial charge < -0.3 is 16.0 Å². The van der Waals surface area contributed by atoms with E-state index >= 15 is 0 Å². The lowest BCUT2D eigenvalue weighted by molar-refractivity contribution is -0.116. The number of carbonyl (C=O) groups is 3. The molecular weight excluding hydrogens is 599 g/mol. The molecule has 0 saturated heterocycles. The molecule has 226 valence electrons. The molecule has 5 rings (SSSR count). The van der Waals surface area contributed by atoms with Gasteiger partial charge in [-0.3, -0.25) is 14.4 Å². The summed E-state index contributed by atoms with van der Waals surface area (Å²) < 4.78 is 0. The highest BCUT2D eigenvalue weighted by Crippen LogP contribution is 2.37. The van der Waals surface area contributed by atoms with E-state index < -0.39 is 11.2 Å². The van der Waals surface area contributed by atoms with Gasteiger partial charge in [0.15, 0.2) is 0 Å². The van der Waals surface area contributed by atoms with Gasteiger partial charge in [0, 0.05) is 21.8 Å². The van der Waals surface area contributed by atoms with Crippen molar-refractivity contribution in [1.82, 2.24) is 5.32 Å². The predicted octanol–water partition coefficient (Wildman–Crippen LogP) is 8.50. The van der Waals surface area contributed by atoms with Gasteiger partial charge in [-0.1, -0.05) is 73.7 Å². The van der Waals surface area contributed by atoms with Gasteiger partial charge in [-0.05, 0) is 94.9 Å². The lowest BCUT2D eigenvalue weighted by Crippen LogP contribution is -2.30. The molecule has 1 atom stereocenters. The molecular formula is C37H33N3O3S2. The molecule has 5 aromatic rings. The molecule has 4 aromatic carbocycles. The van der Waals surface area contributed by atoms with Crippen LogP contribution in [0.5, 0.6) is 0 Å². The lowest BCUT2D eigenvalue weighted by Gasteiger charge is -2.20. The van der Waals surface area contributed by atoms with Crippen molar-refractivity contribution in [2.24, 2.45) is 0 Å². The van der Waals surface area contributed by atoms with Gasteiger partial charge in [-0.15, -0.1) is 11.8 Å². The maximum absolute atomic E-state index is 13.7. The third-order valence-electron chi connectivity index (χ3n) is 7.08. The number of thioether (sulfide) groups is 1. The first-order valence-electron chi connectivity index (χ1n) is 14.5. The van der Waals surface area contributed by atoms with E-state index in [2.05, 4.69) is 22.9 Å². The van der Waals surface area contributed by atoms with Crippen molar-refractivity contribution in [1.29, 1.82) is 0 Å². The van der Waals surface area contributed by atoms with Crippen LogP contribution in [0.4, 0.5) is 11.4 Å². The zero-order valence-electron chi connectivity index (χ0n) is 25.0. The van der Waals surface area contributed by atoms with Crippen LogP contribution >= 0.6 is 23.1 Å². The molecule has 1 heterocycles. The number of aryl methyl sites for hydroxylation is 2. The van der Waals surface area contributed by atoms with Gasteiger partial charge in [-0.2, -0.15) is 11.3 Å². The van der Waals surface area contributed by atoms with Gasteiger partial charge in [0.25, 0.3) is 11.8 Å². The first-order valence-corrected chi connectivity index (χ1v) is 16.4. The van der Waals surface area contributed by atoms with Crippen LogP contribution in [-0.2, 0) is 16.0 Å². The second-order valence-electron chi connectivity index (χ2n) is 10.3. The minimum absolute atomic E-state index is 0.107. The van der Waals surface area contributed by atoms with Gasteiger partial charge in [-0.25, -0.2) is 0 Å². The van der Waals surface area contributed by atoms with Crippen molar-refractivity contribution < 1.29 is 14.4 Å². The third-order valence-corrected chi connectivity index (χ3v) is 9.05. The van der Waals surface area contributed by atoms with Crippen LogP contribution in [0.1, 0.15) is 44.8 Å². The Labute approximate surface area is 271 Å². The van der Waals surface area contributed by atoms with Crippen molar-refractivity contribution in [3.63, 3.8) is 0 Å². The quantitative estimate of drug-likeness (QED) is 0.101. The second-order valence-corrected chi connectivity index (χ2v) is 12.2. The molecule has 0 saturated carbocycles. The van der Waals surface area contributed by atoms with Crippen LogP contribution in [0.2, 0.25) is 0 Å². The number of amides is 3. The van der Waals surface area contributed by atoms with Crippen molar-refractivity contribution in [3.05, 3.63) is 153 Å². The summed E-state index contributed by atoms with van der Waals surface area (Å²) in [5.74, 6) is -0.928.